The third-order valence-electron chi connectivity index (χ3n) is 6.58. The molecule has 0 unspecified atom stereocenters. The van der Waals surface area contributed by atoms with Gasteiger partial charge in [-0.15, -0.1) is 0 Å². The Bertz CT molecular complexity index is 1170. The lowest BCUT2D eigenvalue weighted by atomic mass is 9.98. The largest absolute Gasteiger partial charge is 0.353 e. The molecule has 0 radical (unpaired) electrons. The highest BCUT2D eigenvalue weighted by Crippen LogP contribution is 2.36. The highest BCUT2D eigenvalue weighted by molar-refractivity contribution is 6.08. The summed E-state index contributed by atoms with van der Waals surface area (Å²) in [4.78, 5) is 7.59. The Morgan fingerprint density at radius 2 is 1.91 bits per heavy atom. The molecular weight excluding hydrogens is 411 g/mol. The Hall–Kier alpha value is -3.18. The number of nitrogens with zero attached hydrogens (tertiary/aromatic N) is 2. The third kappa shape index (κ3) is 4.79. The Morgan fingerprint density at radius 1 is 1.03 bits per heavy atom. The zero-order valence-corrected chi connectivity index (χ0v) is 19.3. The van der Waals surface area contributed by atoms with E-state index < -0.39 is 0 Å². The van der Waals surface area contributed by atoms with Crippen LogP contribution in [0.1, 0.15) is 42.9 Å². The van der Waals surface area contributed by atoms with Gasteiger partial charge in [-0.25, -0.2) is 9.38 Å². The van der Waals surface area contributed by atoms with Crippen molar-refractivity contribution in [3.05, 3.63) is 89.2 Å². The van der Waals surface area contributed by atoms with Gasteiger partial charge < -0.3 is 15.5 Å². The number of hydrogen-bond acceptors (Lipinski definition) is 4. The fourth-order valence-electron chi connectivity index (χ4n) is 4.70. The molecule has 0 bridgehead atoms. The van der Waals surface area contributed by atoms with Gasteiger partial charge in [0.25, 0.3) is 0 Å². The molecule has 0 aromatic heterocycles. The van der Waals surface area contributed by atoms with Crippen molar-refractivity contribution in [2.75, 3.05) is 25.0 Å². The van der Waals surface area contributed by atoms with Crippen LogP contribution >= 0.6 is 0 Å². The summed E-state index contributed by atoms with van der Waals surface area (Å²) < 4.78 is 13.6. The number of benzene rings is 3. The minimum atomic E-state index is -0.165. The first-order valence-corrected chi connectivity index (χ1v) is 11.9. The highest BCUT2D eigenvalue weighted by Gasteiger charge is 2.26. The number of hydrogen-bond donors (Lipinski definition) is 2. The molecule has 0 aliphatic carbocycles. The Labute approximate surface area is 195 Å². The van der Waals surface area contributed by atoms with Crippen LogP contribution in [0.15, 0.2) is 71.7 Å². The first kappa shape index (κ1) is 21.7. The Morgan fingerprint density at radius 3 is 2.76 bits per heavy atom. The van der Waals surface area contributed by atoms with Crippen LogP contribution in [-0.2, 0) is 6.42 Å². The quantitative estimate of drug-likeness (QED) is 0.521. The monoisotopic (exact) mass is 442 g/mol. The molecule has 5 rings (SSSR count). The molecule has 3 aromatic carbocycles. The number of rotatable bonds is 4. The topological polar surface area (TPSA) is 39.7 Å². The molecule has 1 atom stereocenters. The second-order valence-corrected chi connectivity index (χ2v) is 9.30. The minimum Gasteiger partial charge on any atom is -0.353 e. The van der Waals surface area contributed by atoms with Crippen LogP contribution in [0.5, 0.6) is 0 Å². The molecule has 4 nitrogen and oxygen atoms in total. The lowest BCUT2D eigenvalue weighted by Gasteiger charge is -2.36. The molecule has 5 heteroatoms. The summed E-state index contributed by atoms with van der Waals surface area (Å²) >= 11 is 0. The van der Waals surface area contributed by atoms with Gasteiger partial charge >= 0.3 is 0 Å². The Balaban J connectivity index is 1.44. The molecule has 1 saturated heterocycles. The molecule has 0 amide bonds. The number of aliphatic imine (C=N–C) groups is 1. The maximum Gasteiger partial charge on any atom is 0.138 e. The number of fused-ring (bicyclic) bond motifs is 2. The van der Waals surface area contributed by atoms with E-state index >= 15 is 0 Å². The van der Waals surface area contributed by atoms with Gasteiger partial charge in [-0.2, -0.15) is 0 Å². The fraction of sp³-hybridized carbons (Fsp3) is 0.321. The standard InChI is InChI=1S/C28H31FN4/c1-19(2)21-11-13-25-24(17-21)28(32-27-9-4-3-8-26(27)31-25)33-15-14-30-23(18-33)12-10-20-6-5-7-22(29)16-20/h3-9,11,13,16-17,19,23,30-31H,10,12,14-15,18H2,1-2H3/t23-/m0/s1. The van der Waals surface area contributed by atoms with E-state index in [2.05, 4.69) is 59.7 Å². The first-order valence-electron chi connectivity index (χ1n) is 11.9. The second kappa shape index (κ2) is 9.36. The van der Waals surface area contributed by atoms with E-state index in [0.717, 1.165) is 66.5 Å². The summed E-state index contributed by atoms with van der Waals surface area (Å²) in [6, 6.07) is 22.2. The van der Waals surface area contributed by atoms with Crippen molar-refractivity contribution in [1.82, 2.24) is 10.2 Å². The van der Waals surface area contributed by atoms with E-state index in [9.17, 15) is 4.39 Å². The molecule has 0 spiro atoms. The summed E-state index contributed by atoms with van der Waals surface area (Å²) in [5, 5.41) is 7.26. The van der Waals surface area contributed by atoms with Gasteiger partial charge in [0.05, 0.1) is 11.4 Å². The molecule has 2 heterocycles. The van der Waals surface area contributed by atoms with Crippen LogP contribution in [0.4, 0.5) is 21.5 Å². The van der Waals surface area contributed by atoms with Crippen LogP contribution in [0.2, 0.25) is 0 Å². The molecular formula is C28H31FN4. The number of aryl methyl sites for hydroxylation is 1. The third-order valence-corrected chi connectivity index (χ3v) is 6.58. The van der Waals surface area contributed by atoms with Crippen molar-refractivity contribution in [2.24, 2.45) is 4.99 Å². The zero-order valence-electron chi connectivity index (χ0n) is 19.3. The molecule has 2 N–H and O–H groups in total. The smallest absolute Gasteiger partial charge is 0.138 e. The van der Waals surface area contributed by atoms with E-state index in [-0.39, 0.29) is 5.82 Å². The van der Waals surface area contributed by atoms with Crippen LogP contribution in [0, 0.1) is 5.82 Å². The van der Waals surface area contributed by atoms with Crippen molar-refractivity contribution in [3.63, 3.8) is 0 Å². The van der Waals surface area contributed by atoms with Crippen LogP contribution in [0.3, 0.4) is 0 Å². The summed E-state index contributed by atoms with van der Waals surface area (Å²) in [5.41, 5.74) is 6.60. The zero-order chi connectivity index (χ0) is 22.8. The average molecular weight is 443 g/mol. The van der Waals surface area contributed by atoms with Gasteiger partial charge in [0.15, 0.2) is 0 Å². The van der Waals surface area contributed by atoms with Crippen LogP contribution in [-0.4, -0.2) is 36.4 Å². The minimum absolute atomic E-state index is 0.165. The average Bonchev–Trinajstić information content (AvgIpc) is 2.99. The summed E-state index contributed by atoms with van der Waals surface area (Å²) in [5.74, 6) is 1.31. The van der Waals surface area contributed by atoms with Crippen molar-refractivity contribution in [2.45, 2.75) is 38.6 Å². The summed E-state index contributed by atoms with van der Waals surface area (Å²) in [6.45, 7) is 7.14. The van der Waals surface area contributed by atoms with Crippen molar-refractivity contribution < 1.29 is 4.39 Å². The molecule has 0 saturated carbocycles. The number of para-hydroxylation sites is 2. The van der Waals surface area contributed by atoms with Gasteiger partial charge in [0.1, 0.15) is 11.7 Å². The fourth-order valence-corrected chi connectivity index (χ4v) is 4.70. The van der Waals surface area contributed by atoms with E-state index in [1.807, 2.05) is 18.2 Å². The van der Waals surface area contributed by atoms with Gasteiger partial charge in [-0.05, 0) is 66.3 Å². The number of nitrogens with one attached hydrogen (secondary N) is 2. The van der Waals surface area contributed by atoms with Crippen LogP contribution in [0.25, 0.3) is 0 Å². The first-order chi connectivity index (χ1) is 16.1. The lowest BCUT2D eigenvalue weighted by molar-refractivity contribution is 0.282. The van der Waals surface area contributed by atoms with Gasteiger partial charge in [-0.1, -0.05) is 44.2 Å². The van der Waals surface area contributed by atoms with Crippen molar-refractivity contribution in [3.8, 4) is 0 Å². The number of halogens is 1. The SMILES string of the molecule is CC(C)c1ccc2c(c1)C(N1CCN[C@@H](CCc3cccc(F)c3)C1)=Nc1ccccc1N2. The second-order valence-electron chi connectivity index (χ2n) is 9.30. The summed E-state index contributed by atoms with van der Waals surface area (Å²) in [7, 11) is 0. The van der Waals surface area contributed by atoms with E-state index in [1.54, 1.807) is 12.1 Å². The number of anilines is 2. The maximum atomic E-state index is 13.6. The van der Waals surface area contributed by atoms with E-state index in [1.165, 1.54) is 11.6 Å². The number of piperazine rings is 1. The highest BCUT2D eigenvalue weighted by atomic mass is 19.1. The molecule has 1 fully saturated rings. The molecule has 3 aromatic rings. The van der Waals surface area contributed by atoms with Gasteiger partial charge in [-0.3, -0.25) is 0 Å². The van der Waals surface area contributed by atoms with E-state index in [0.29, 0.717) is 12.0 Å². The lowest BCUT2D eigenvalue weighted by Crippen LogP contribution is -2.53. The number of amidine groups is 1. The molecule has 33 heavy (non-hydrogen) atoms. The summed E-state index contributed by atoms with van der Waals surface area (Å²) in [6.07, 6.45) is 1.81. The Kier molecular flexibility index (Phi) is 6.14. The molecule has 170 valence electrons. The van der Waals surface area contributed by atoms with Crippen molar-refractivity contribution >= 4 is 22.9 Å². The van der Waals surface area contributed by atoms with Crippen LogP contribution < -0.4 is 10.6 Å². The molecule has 2 aliphatic rings. The maximum absolute atomic E-state index is 13.6. The van der Waals surface area contributed by atoms with Gasteiger partial charge in [0, 0.05) is 36.9 Å². The predicted molar refractivity (Wildman–Crippen MR) is 135 cm³/mol. The van der Waals surface area contributed by atoms with E-state index in [4.69, 9.17) is 4.99 Å². The molecule has 2 aliphatic heterocycles. The van der Waals surface area contributed by atoms with Crippen molar-refractivity contribution in [1.29, 1.82) is 0 Å². The predicted octanol–water partition coefficient (Wildman–Crippen LogP) is 5.99. The normalized spacial score (nSPS) is 17.6. The van der Waals surface area contributed by atoms with Gasteiger partial charge in [0.2, 0.25) is 0 Å².